The molecule has 2 rings (SSSR count). The molecule has 6 nitrogen and oxygen atoms in total. The summed E-state index contributed by atoms with van der Waals surface area (Å²) in [6.45, 7) is 1.84. The molecule has 0 heterocycles. The molecule has 0 aromatic heterocycles. The summed E-state index contributed by atoms with van der Waals surface area (Å²) in [6.07, 6.45) is 1.54. The van der Waals surface area contributed by atoms with Crippen molar-refractivity contribution >= 4 is 18.0 Å². The van der Waals surface area contributed by atoms with Gasteiger partial charge in [0.1, 0.15) is 5.75 Å². The number of rotatable bonds is 6. The number of ether oxygens (including phenoxy) is 1. The van der Waals surface area contributed by atoms with Crippen LogP contribution in [0.5, 0.6) is 5.75 Å². The second-order valence-corrected chi connectivity index (χ2v) is 5.12. The number of carbonyl (C=O) groups excluding carboxylic acids is 2. The third-order valence-electron chi connectivity index (χ3n) is 3.24. The number of carbonyl (C=O) groups is 2. The van der Waals surface area contributed by atoms with Crippen LogP contribution in [0.3, 0.4) is 0 Å². The maximum Gasteiger partial charge on any atom is 0.259 e. The number of hydrogen-bond acceptors (Lipinski definition) is 4. The van der Waals surface area contributed by atoms with Crippen LogP contribution in [0.1, 0.15) is 21.5 Å². The maximum atomic E-state index is 11.9. The molecule has 2 amide bonds. The molecule has 0 bridgehead atoms. The third-order valence-corrected chi connectivity index (χ3v) is 3.24. The van der Waals surface area contributed by atoms with Crippen molar-refractivity contribution in [2.45, 2.75) is 6.92 Å². The van der Waals surface area contributed by atoms with E-state index in [9.17, 15) is 9.59 Å². The molecule has 2 aromatic carbocycles. The second kappa shape index (κ2) is 8.47. The molecule has 6 heteroatoms. The Balaban J connectivity index is 1.77. The lowest BCUT2D eigenvalue weighted by Crippen LogP contribution is -2.34. The quantitative estimate of drug-likeness (QED) is 0.629. The van der Waals surface area contributed by atoms with Crippen molar-refractivity contribution in [1.82, 2.24) is 10.7 Å². The molecule has 0 saturated heterocycles. The molecule has 2 aromatic rings. The highest BCUT2D eigenvalue weighted by Gasteiger charge is 2.07. The molecule has 0 atom stereocenters. The Hall–Kier alpha value is -3.15. The number of amides is 2. The summed E-state index contributed by atoms with van der Waals surface area (Å²) >= 11 is 0. The van der Waals surface area contributed by atoms with Gasteiger partial charge < -0.3 is 10.1 Å². The van der Waals surface area contributed by atoms with Gasteiger partial charge >= 0.3 is 0 Å². The van der Waals surface area contributed by atoms with E-state index in [0.717, 1.165) is 11.1 Å². The summed E-state index contributed by atoms with van der Waals surface area (Å²) in [5, 5.41) is 6.38. The molecule has 2 N–H and O–H groups in total. The van der Waals surface area contributed by atoms with E-state index in [2.05, 4.69) is 15.8 Å². The molecular formula is C18H19N3O3. The summed E-state index contributed by atoms with van der Waals surface area (Å²) in [4.78, 5) is 23.6. The Morgan fingerprint density at radius 1 is 1.08 bits per heavy atom. The lowest BCUT2D eigenvalue weighted by molar-refractivity contribution is -0.120. The Labute approximate surface area is 140 Å². The predicted molar refractivity (Wildman–Crippen MR) is 92.2 cm³/mol. The molecule has 0 spiro atoms. The highest BCUT2D eigenvalue weighted by molar-refractivity contribution is 5.96. The van der Waals surface area contributed by atoms with E-state index in [1.165, 1.54) is 0 Å². The van der Waals surface area contributed by atoms with Crippen molar-refractivity contribution in [2.75, 3.05) is 13.7 Å². The van der Waals surface area contributed by atoms with Gasteiger partial charge in [0.25, 0.3) is 11.8 Å². The van der Waals surface area contributed by atoms with Crippen molar-refractivity contribution in [2.24, 2.45) is 5.10 Å². The van der Waals surface area contributed by atoms with E-state index in [1.807, 2.05) is 31.2 Å². The maximum absolute atomic E-state index is 11.9. The number of hydrazone groups is 1. The van der Waals surface area contributed by atoms with Crippen LogP contribution >= 0.6 is 0 Å². The lowest BCUT2D eigenvalue weighted by atomic mass is 10.2. The van der Waals surface area contributed by atoms with Crippen molar-refractivity contribution in [3.05, 3.63) is 65.2 Å². The SMILES string of the molecule is COc1ccc(C(=O)NCC(=O)N/N=C\c2ccc(C)cc2)cc1. The van der Waals surface area contributed by atoms with Gasteiger partial charge in [0.05, 0.1) is 19.9 Å². The van der Waals surface area contributed by atoms with Crippen LogP contribution in [0.15, 0.2) is 53.6 Å². The first-order valence-corrected chi connectivity index (χ1v) is 7.39. The second-order valence-electron chi connectivity index (χ2n) is 5.12. The first kappa shape index (κ1) is 17.2. The molecule has 0 aliphatic rings. The Morgan fingerprint density at radius 3 is 2.38 bits per heavy atom. The van der Waals surface area contributed by atoms with Gasteiger partial charge in [-0.05, 0) is 36.8 Å². The Kier molecular flexibility index (Phi) is 6.08. The van der Waals surface area contributed by atoms with Crippen molar-refractivity contribution in [3.8, 4) is 5.75 Å². The van der Waals surface area contributed by atoms with Crippen LogP contribution in [0.25, 0.3) is 0 Å². The van der Waals surface area contributed by atoms with E-state index in [0.29, 0.717) is 11.3 Å². The number of benzene rings is 2. The minimum Gasteiger partial charge on any atom is -0.497 e. The van der Waals surface area contributed by atoms with Gasteiger partial charge in [-0.3, -0.25) is 9.59 Å². The zero-order chi connectivity index (χ0) is 17.4. The number of nitrogens with zero attached hydrogens (tertiary/aromatic N) is 1. The van der Waals surface area contributed by atoms with Crippen LogP contribution < -0.4 is 15.5 Å². The van der Waals surface area contributed by atoms with Crippen LogP contribution in [0.2, 0.25) is 0 Å². The van der Waals surface area contributed by atoms with Gasteiger partial charge in [-0.25, -0.2) is 5.43 Å². The summed E-state index contributed by atoms with van der Waals surface area (Å²) < 4.78 is 5.02. The first-order chi connectivity index (χ1) is 11.6. The van der Waals surface area contributed by atoms with E-state index in [4.69, 9.17) is 4.74 Å². The number of nitrogens with one attached hydrogen (secondary N) is 2. The summed E-state index contributed by atoms with van der Waals surface area (Å²) in [6, 6.07) is 14.3. The van der Waals surface area contributed by atoms with E-state index in [1.54, 1.807) is 37.6 Å². The normalized spacial score (nSPS) is 10.4. The van der Waals surface area contributed by atoms with Gasteiger partial charge in [-0.1, -0.05) is 29.8 Å². The number of methoxy groups -OCH3 is 1. The molecule has 0 saturated carbocycles. The Bertz CT molecular complexity index is 722. The van der Waals surface area contributed by atoms with E-state index >= 15 is 0 Å². The molecule has 0 fully saturated rings. The van der Waals surface area contributed by atoms with Crippen molar-refractivity contribution < 1.29 is 14.3 Å². The van der Waals surface area contributed by atoms with Gasteiger partial charge in [0, 0.05) is 5.56 Å². The van der Waals surface area contributed by atoms with Crippen LogP contribution in [-0.2, 0) is 4.79 Å². The highest BCUT2D eigenvalue weighted by atomic mass is 16.5. The fraction of sp³-hybridized carbons (Fsp3) is 0.167. The van der Waals surface area contributed by atoms with Crippen LogP contribution in [0.4, 0.5) is 0 Å². The minimum absolute atomic E-state index is 0.157. The van der Waals surface area contributed by atoms with Crippen LogP contribution in [0, 0.1) is 6.92 Å². The standard InChI is InChI=1S/C18H19N3O3/c1-13-3-5-14(6-4-13)11-20-21-17(22)12-19-18(23)15-7-9-16(24-2)10-8-15/h3-11H,12H2,1-2H3,(H,19,23)(H,21,22)/b20-11-. The molecule has 0 aliphatic heterocycles. The van der Waals surface area contributed by atoms with Crippen LogP contribution in [-0.4, -0.2) is 31.7 Å². The fourth-order valence-electron chi connectivity index (χ4n) is 1.88. The minimum atomic E-state index is -0.403. The average molecular weight is 325 g/mol. The van der Waals surface area contributed by atoms with Gasteiger partial charge in [-0.15, -0.1) is 0 Å². The zero-order valence-electron chi connectivity index (χ0n) is 13.6. The fourth-order valence-corrected chi connectivity index (χ4v) is 1.88. The van der Waals surface area contributed by atoms with Gasteiger partial charge in [0.15, 0.2) is 0 Å². The molecular weight excluding hydrogens is 306 g/mol. The lowest BCUT2D eigenvalue weighted by Gasteiger charge is -2.05. The van der Waals surface area contributed by atoms with Crippen molar-refractivity contribution in [3.63, 3.8) is 0 Å². The molecule has 24 heavy (non-hydrogen) atoms. The van der Waals surface area contributed by atoms with Crippen molar-refractivity contribution in [1.29, 1.82) is 0 Å². The number of aryl methyl sites for hydroxylation is 1. The predicted octanol–water partition coefficient (Wildman–Crippen LogP) is 1.88. The summed E-state index contributed by atoms with van der Waals surface area (Å²) in [5.41, 5.74) is 4.85. The van der Waals surface area contributed by atoms with E-state index < -0.39 is 5.91 Å². The smallest absolute Gasteiger partial charge is 0.259 e. The molecule has 0 radical (unpaired) electrons. The molecule has 0 unspecified atom stereocenters. The monoisotopic (exact) mass is 325 g/mol. The average Bonchev–Trinajstić information content (AvgIpc) is 2.61. The Morgan fingerprint density at radius 2 is 1.75 bits per heavy atom. The van der Waals surface area contributed by atoms with E-state index in [-0.39, 0.29) is 12.5 Å². The largest absolute Gasteiger partial charge is 0.497 e. The number of hydrogen-bond donors (Lipinski definition) is 2. The molecule has 0 aliphatic carbocycles. The third kappa shape index (κ3) is 5.24. The highest BCUT2D eigenvalue weighted by Crippen LogP contribution is 2.10. The first-order valence-electron chi connectivity index (χ1n) is 7.39. The summed E-state index contributed by atoms with van der Waals surface area (Å²) in [7, 11) is 1.55. The van der Waals surface area contributed by atoms with Gasteiger partial charge in [-0.2, -0.15) is 5.10 Å². The topological polar surface area (TPSA) is 79.8 Å². The zero-order valence-corrected chi connectivity index (χ0v) is 13.6. The summed E-state index contributed by atoms with van der Waals surface area (Å²) in [5.74, 6) is -0.0784. The van der Waals surface area contributed by atoms with Gasteiger partial charge in [0.2, 0.25) is 0 Å². The molecule has 124 valence electrons.